The van der Waals surface area contributed by atoms with E-state index < -0.39 is 18.1 Å². The second-order valence-electron chi connectivity index (χ2n) is 6.32. The molecular weight excluding hydrogens is 305 g/mol. The number of piperidine rings is 1. The van der Waals surface area contributed by atoms with Gasteiger partial charge in [-0.3, -0.25) is 9.69 Å². The van der Waals surface area contributed by atoms with E-state index in [-0.39, 0.29) is 30.1 Å². The van der Waals surface area contributed by atoms with E-state index in [1.165, 1.54) is 16.0 Å². The normalized spacial score (nSPS) is 32.8. The van der Waals surface area contributed by atoms with Gasteiger partial charge in [0.05, 0.1) is 12.2 Å². The summed E-state index contributed by atoms with van der Waals surface area (Å²) in [6.07, 6.45) is -1.72. The Bertz CT molecular complexity index is 685. The van der Waals surface area contributed by atoms with Crippen LogP contribution in [0.5, 0.6) is 0 Å². The second-order valence-corrected chi connectivity index (χ2v) is 6.32. The molecule has 0 radical (unpaired) electrons. The van der Waals surface area contributed by atoms with Crippen molar-refractivity contribution in [3.8, 4) is 0 Å². The summed E-state index contributed by atoms with van der Waals surface area (Å²) in [6, 6.07) is 4.60. The molecule has 2 heterocycles. The fraction of sp³-hybridized carbons (Fsp3) is 0.467. The summed E-state index contributed by atoms with van der Waals surface area (Å²) in [7, 11) is 0. The number of amides is 2. The van der Waals surface area contributed by atoms with Crippen molar-refractivity contribution < 1.29 is 23.9 Å². The Morgan fingerprint density at radius 2 is 2.00 bits per heavy atom. The summed E-state index contributed by atoms with van der Waals surface area (Å²) in [6.45, 7) is 1.12. The number of anilines is 1. The van der Waals surface area contributed by atoms with Crippen LogP contribution < -0.4 is 10.6 Å². The van der Waals surface area contributed by atoms with Gasteiger partial charge in [0.1, 0.15) is 5.82 Å². The predicted octanol–water partition coefficient (Wildman–Crippen LogP) is 0.671. The molecule has 4 atom stereocenters. The molecule has 2 aliphatic heterocycles. The van der Waals surface area contributed by atoms with Crippen molar-refractivity contribution in [1.82, 2.24) is 5.06 Å². The van der Waals surface area contributed by atoms with Gasteiger partial charge in [0.25, 0.3) is 5.91 Å². The lowest BCUT2D eigenvalue weighted by molar-refractivity contribution is -0.124. The van der Waals surface area contributed by atoms with Crippen LogP contribution in [-0.4, -0.2) is 48.0 Å². The molecule has 7 nitrogen and oxygen atoms in total. The highest BCUT2D eigenvalue weighted by atomic mass is 19.1. The first kappa shape index (κ1) is 14.4. The van der Waals surface area contributed by atoms with Gasteiger partial charge >= 0.3 is 6.09 Å². The number of carbonyl (C=O) groups is 2. The van der Waals surface area contributed by atoms with Crippen LogP contribution in [0, 0.1) is 17.7 Å². The lowest BCUT2D eigenvalue weighted by Gasteiger charge is -2.15. The largest absolute Gasteiger partial charge is 0.434 e. The maximum Gasteiger partial charge on any atom is 0.415 e. The quantitative estimate of drug-likeness (QED) is 0.853. The smallest absolute Gasteiger partial charge is 0.415 e. The van der Waals surface area contributed by atoms with E-state index in [0.717, 1.165) is 0 Å². The minimum absolute atomic E-state index is 0.0128. The van der Waals surface area contributed by atoms with Crippen LogP contribution in [0.4, 0.5) is 14.9 Å². The van der Waals surface area contributed by atoms with E-state index in [4.69, 9.17) is 10.5 Å². The van der Waals surface area contributed by atoms with E-state index in [9.17, 15) is 19.2 Å². The second kappa shape index (κ2) is 4.90. The molecule has 23 heavy (non-hydrogen) atoms. The standard InChI is InChI=1S/C15H16FN3O4/c16-11-3-7(19-6-12(14(17)20)23-15(19)21)1-2-8(11)13-9-4-18(22)5-10(9)13/h1-3,9-10,12-13,22H,4-6H2,(H2,17,20)/t9-,10+,12-,13?/m1/s1. The highest BCUT2D eigenvalue weighted by Gasteiger charge is 2.57. The predicted molar refractivity (Wildman–Crippen MR) is 76.3 cm³/mol. The van der Waals surface area contributed by atoms with E-state index in [1.807, 2.05) is 0 Å². The Hall–Kier alpha value is -2.19. The van der Waals surface area contributed by atoms with Crippen molar-refractivity contribution in [2.45, 2.75) is 12.0 Å². The number of primary amides is 1. The monoisotopic (exact) mass is 321 g/mol. The summed E-state index contributed by atoms with van der Waals surface area (Å²) < 4.78 is 19.3. The van der Waals surface area contributed by atoms with Gasteiger partial charge in [-0.25, -0.2) is 9.18 Å². The highest BCUT2D eigenvalue weighted by molar-refractivity contribution is 5.95. The van der Waals surface area contributed by atoms with Crippen molar-refractivity contribution in [2.24, 2.45) is 17.6 Å². The molecule has 1 unspecified atom stereocenters. The van der Waals surface area contributed by atoms with Gasteiger partial charge in [0, 0.05) is 13.1 Å². The molecule has 2 amide bonds. The van der Waals surface area contributed by atoms with Gasteiger partial charge < -0.3 is 15.7 Å². The molecule has 1 aromatic rings. The zero-order valence-electron chi connectivity index (χ0n) is 12.2. The van der Waals surface area contributed by atoms with E-state index in [0.29, 0.717) is 24.3 Å². The van der Waals surface area contributed by atoms with Crippen LogP contribution in [0.25, 0.3) is 0 Å². The zero-order chi connectivity index (χ0) is 16.3. The van der Waals surface area contributed by atoms with Crippen molar-refractivity contribution in [3.63, 3.8) is 0 Å². The average Bonchev–Trinajstić information content (AvgIpc) is 2.84. The average molecular weight is 321 g/mol. The maximum absolute atomic E-state index is 14.4. The first-order valence-corrected chi connectivity index (χ1v) is 7.46. The summed E-state index contributed by atoms with van der Waals surface area (Å²) in [5, 5.41) is 10.7. The zero-order valence-corrected chi connectivity index (χ0v) is 12.2. The van der Waals surface area contributed by atoms with Gasteiger partial charge in [-0.1, -0.05) is 6.07 Å². The van der Waals surface area contributed by atoms with Crippen LogP contribution in [-0.2, 0) is 9.53 Å². The Balaban J connectivity index is 1.53. The molecule has 3 N–H and O–H groups in total. The number of nitrogens with two attached hydrogens (primary N) is 1. The van der Waals surface area contributed by atoms with Gasteiger partial charge in [-0.2, -0.15) is 5.06 Å². The topological polar surface area (TPSA) is 96.1 Å². The molecular formula is C15H16FN3O4. The molecule has 3 fully saturated rings. The number of hydrogen-bond acceptors (Lipinski definition) is 5. The number of nitrogens with zero attached hydrogens (tertiary/aromatic N) is 2. The number of fused-ring (bicyclic) bond motifs is 1. The molecule has 1 aliphatic carbocycles. The Kier molecular flexibility index (Phi) is 3.07. The SMILES string of the molecule is NC(=O)[C@H]1CN(c2ccc(C3[C@H]4CN(O)C[C@@H]34)c(F)c2)C(=O)O1. The number of halogens is 1. The molecule has 3 aliphatic rings. The number of cyclic esters (lactones) is 1. The summed E-state index contributed by atoms with van der Waals surface area (Å²) in [5.74, 6) is -0.414. The Morgan fingerprint density at radius 1 is 1.30 bits per heavy atom. The highest BCUT2D eigenvalue weighted by Crippen LogP contribution is 2.58. The van der Waals surface area contributed by atoms with Gasteiger partial charge in [-0.05, 0) is 35.4 Å². The van der Waals surface area contributed by atoms with Gasteiger partial charge in [0.2, 0.25) is 0 Å². The molecule has 4 rings (SSSR count). The number of carbonyl (C=O) groups excluding carboxylic acids is 2. The van der Waals surface area contributed by atoms with Crippen LogP contribution in [0.3, 0.4) is 0 Å². The molecule has 0 bridgehead atoms. The summed E-state index contributed by atoms with van der Waals surface area (Å²) in [4.78, 5) is 24.1. The van der Waals surface area contributed by atoms with Crippen molar-refractivity contribution in [3.05, 3.63) is 29.6 Å². The Labute approximate surface area is 131 Å². The third-order valence-corrected chi connectivity index (χ3v) is 4.96. The molecule has 8 heteroatoms. The van der Waals surface area contributed by atoms with Crippen LogP contribution >= 0.6 is 0 Å². The Morgan fingerprint density at radius 3 is 2.57 bits per heavy atom. The lowest BCUT2D eigenvalue weighted by atomic mass is 10.1. The number of benzene rings is 1. The van der Waals surface area contributed by atoms with Crippen LogP contribution in [0.1, 0.15) is 11.5 Å². The molecule has 122 valence electrons. The minimum Gasteiger partial charge on any atom is -0.434 e. The maximum atomic E-state index is 14.4. The molecule has 1 aromatic carbocycles. The lowest BCUT2D eigenvalue weighted by Crippen LogP contribution is -2.32. The number of hydrogen-bond donors (Lipinski definition) is 2. The molecule has 2 saturated heterocycles. The fourth-order valence-electron chi connectivity index (χ4n) is 3.74. The fourth-order valence-corrected chi connectivity index (χ4v) is 3.74. The first-order valence-electron chi connectivity index (χ1n) is 7.46. The third kappa shape index (κ3) is 2.25. The van der Waals surface area contributed by atoms with Crippen molar-refractivity contribution >= 4 is 17.7 Å². The molecule has 0 aromatic heterocycles. The van der Waals surface area contributed by atoms with E-state index >= 15 is 0 Å². The van der Waals surface area contributed by atoms with Crippen molar-refractivity contribution in [2.75, 3.05) is 24.5 Å². The number of hydroxylamine groups is 2. The minimum atomic E-state index is -1.01. The van der Waals surface area contributed by atoms with E-state index in [1.54, 1.807) is 12.1 Å². The first-order chi connectivity index (χ1) is 11.0. The number of ether oxygens (including phenoxy) is 1. The van der Waals surface area contributed by atoms with E-state index in [2.05, 4.69) is 0 Å². The number of rotatable bonds is 3. The molecule has 0 spiro atoms. The van der Waals surface area contributed by atoms with Gasteiger partial charge in [0.15, 0.2) is 6.10 Å². The molecule has 1 saturated carbocycles. The summed E-state index contributed by atoms with van der Waals surface area (Å²) >= 11 is 0. The summed E-state index contributed by atoms with van der Waals surface area (Å²) in [5.41, 5.74) is 6.07. The third-order valence-electron chi connectivity index (χ3n) is 4.96. The van der Waals surface area contributed by atoms with Crippen molar-refractivity contribution in [1.29, 1.82) is 0 Å². The van der Waals surface area contributed by atoms with Gasteiger partial charge in [-0.15, -0.1) is 0 Å². The van der Waals surface area contributed by atoms with Crippen LogP contribution in [0.15, 0.2) is 18.2 Å². The van der Waals surface area contributed by atoms with Crippen LogP contribution in [0.2, 0.25) is 0 Å².